The molecular weight excluding hydrogens is 346 g/mol. The first-order valence-corrected chi connectivity index (χ1v) is 9.20. The lowest BCUT2D eigenvalue weighted by Crippen LogP contribution is -2.41. The van der Waals surface area contributed by atoms with Crippen LogP contribution < -0.4 is 15.0 Å². The highest BCUT2D eigenvalue weighted by Crippen LogP contribution is 2.20. The summed E-state index contributed by atoms with van der Waals surface area (Å²) in [6.07, 6.45) is 3.01. The van der Waals surface area contributed by atoms with Gasteiger partial charge in [0, 0.05) is 57.0 Å². The van der Waals surface area contributed by atoms with Gasteiger partial charge in [-0.25, -0.2) is 4.98 Å². The highest BCUT2D eigenvalue weighted by Gasteiger charge is 2.25. The van der Waals surface area contributed by atoms with Gasteiger partial charge < -0.3 is 18.9 Å². The lowest BCUT2D eigenvalue weighted by atomic mass is 10.1. The van der Waals surface area contributed by atoms with E-state index in [1.54, 1.807) is 29.9 Å². The molecule has 0 N–H and O–H groups in total. The zero-order chi connectivity index (χ0) is 19.4. The zero-order valence-electron chi connectivity index (χ0n) is 16.0. The fourth-order valence-corrected chi connectivity index (χ4v) is 3.10. The number of likely N-dealkylation sites (tertiary alicyclic amines) is 1. The minimum absolute atomic E-state index is 0.000915. The molecule has 7 nitrogen and oxygen atoms in total. The molecule has 1 saturated heterocycles. The average Bonchev–Trinajstić information content (AvgIpc) is 2.67. The van der Waals surface area contributed by atoms with Gasteiger partial charge in [-0.05, 0) is 26.0 Å². The number of aryl methyl sites for hydroxylation is 1. The highest BCUT2D eigenvalue weighted by molar-refractivity contribution is 5.94. The molecule has 3 heterocycles. The van der Waals surface area contributed by atoms with Crippen LogP contribution in [0.25, 0.3) is 0 Å². The average molecular weight is 371 g/mol. The van der Waals surface area contributed by atoms with E-state index in [2.05, 4.69) is 4.98 Å². The van der Waals surface area contributed by atoms with Crippen molar-refractivity contribution in [2.75, 3.05) is 19.7 Å². The van der Waals surface area contributed by atoms with Crippen LogP contribution >= 0.6 is 0 Å². The Kier molecular flexibility index (Phi) is 5.78. The quantitative estimate of drug-likeness (QED) is 0.805. The molecule has 1 aliphatic heterocycles. The summed E-state index contributed by atoms with van der Waals surface area (Å²) in [6.45, 7) is 5.53. The summed E-state index contributed by atoms with van der Waals surface area (Å²) in [5, 5.41) is 0. The van der Waals surface area contributed by atoms with Gasteiger partial charge in [0.05, 0.1) is 12.2 Å². The van der Waals surface area contributed by atoms with Crippen LogP contribution in [-0.4, -0.2) is 46.2 Å². The van der Waals surface area contributed by atoms with Gasteiger partial charge in [0.1, 0.15) is 11.9 Å². The minimum atomic E-state index is -0.0828. The lowest BCUT2D eigenvalue weighted by molar-refractivity contribution is 0.0594. The number of pyridine rings is 2. The van der Waals surface area contributed by atoms with Crippen molar-refractivity contribution in [2.24, 2.45) is 7.05 Å². The lowest BCUT2D eigenvalue weighted by Gasteiger charge is -2.32. The molecule has 3 rings (SSSR count). The minimum Gasteiger partial charge on any atom is -0.490 e. The van der Waals surface area contributed by atoms with E-state index in [0.29, 0.717) is 36.9 Å². The fourth-order valence-electron chi connectivity index (χ4n) is 3.10. The van der Waals surface area contributed by atoms with E-state index in [0.717, 1.165) is 18.5 Å². The molecule has 0 aromatic carbocycles. The van der Waals surface area contributed by atoms with Crippen molar-refractivity contribution in [1.29, 1.82) is 0 Å². The number of amides is 1. The summed E-state index contributed by atoms with van der Waals surface area (Å²) in [4.78, 5) is 30.5. The number of nitrogens with zero attached hydrogens (tertiary/aromatic N) is 3. The second kappa shape index (κ2) is 8.24. The first kappa shape index (κ1) is 18.9. The second-order valence-electron chi connectivity index (χ2n) is 6.66. The maximum Gasteiger partial charge on any atom is 0.255 e. The van der Waals surface area contributed by atoms with E-state index in [-0.39, 0.29) is 17.6 Å². The zero-order valence-corrected chi connectivity index (χ0v) is 16.0. The Labute approximate surface area is 158 Å². The van der Waals surface area contributed by atoms with E-state index < -0.39 is 0 Å². The van der Waals surface area contributed by atoms with Crippen molar-refractivity contribution >= 4 is 5.91 Å². The van der Waals surface area contributed by atoms with Crippen molar-refractivity contribution in [3.8, 4) is 11.6 Å². The van der Waals surface area contributed by atoms with Crippen LogP contribution in [0.2, 0.25) is 0 Å². The Morgan fingerprint density at radius 2 is 2.00 bits per heavy atom. The largest absolute Gasteiger partial charge is 0.490 e. The van der Waals surface area contributed by atoms with Gasteiger partial charge in [0.15, 0.2) is 0 Å². The maximum absolute atomic E-state index is 12.6. The first-order chi connectivity index (χ1) is 13.0. The molecule has 0 unspecified atom stereocenters. The van der Waals surface area contributed by atoms with Gasteiger partial charge in [0.25, 0.3) is 11.5 Å². The van der Waals surface area contributed by atoms with Gasteiger partial charge in [-0.3, -0.25) is 9.59 Å². The monoisotopic (exact) mass is 371 g/mol. The van der Waals surface area contributed by atoms with Crippen LogP contribution in [0.15, 0.2) is 35.3 Å². The number of carbonyl (C=O) groups is 1. The highest BCUT2D eigenvalue weighted by atomic mass is 16.5. The molecule has 7 heteroatoms. The van der Waals surface area contributed by atoms with Gasteiger partial charge in [0.2, 0.25) is 5.88 Å². The van der Waals surface area contributed by atoms with Crippen molar-refractivity contribution in [1.82, 2.24) is 14.5 Å². The van der Waals surface area contributed by atoms with Gasteiger partial charge >= 0.3 is 0 Å². The normalized spacial score (nSPS) is 14.9. The number of hydrogen-bond acceptors (Lipinski definition) is 5. The molecule has 144 valence electrons. The van der Waals surface area contributed by atoms with E-state index in [9.17, 15) is 9.59 Å². The number of ether oxygens (including phenoxy) is 2. The predicted molar refractivity (Wildman–Crippen MR) is 101 cm³/mol. The summed E-state index contributed by atoms with van der Waals surface area (Å²) in [6, 6.07) is 6.83. The maximum atomic E-state index is 12.6. The van der Waals surface area contributed by atoms with Crippen LogP contribution in [-0.2, 0) is 7.05 Å². The second-order valence-corrected chi connectivity index (χ2v) is 6.66. The number of hydrogen-bond donors (Lipinski definition) is 0. The Balaban J connectivity index is 1.56. The number of piperidine rings is 1. The van der Waals surface area contributed by atoms with Crippen molar-refractivity contribution in [2.45, 2.75) is 32.8 Å². The standard InChI is InChI=1S/C20H25N3O4/c1-4-26-18-6-5-15(13-21-18)20(25)23-9-7-16(8-10-23)27-17-11-14(2)22(3)19(24)12-17/h5-6,11-13,16H,4,7-10H2,1-3H3. The molecule has 0 bridgehead atoms. The molecule has 2 aromatic rings. The van der Waals surface area contributed by atoms with Crippen molar-refractivity contribution in [3.05, 3.63) is 52.1 Å². The molecule has 1 aliphatic rings. The van der Waals surface area contributed by atoms with E-state index >= 15 is 0 Å². The number of carbonyl (C=O) groups excluding carboxylic acids is 1. The van der Waals surface area contributed by atoms with Crippen molar-refractivity contribution in [3.63, 3.8) is 0 Å². The van der Waals surface area contributed by atoms with Crippen LogP contribution in [0.5, 0.6) is 11.6 Å². The first-order valence-electron chi connectivity index (χ1n) is 9.20. The summed E-state index contributed by atoms with van der Waals surface area (Å²) in [7, 11) is 1.74. The third-order valence-electron chi connectivity index (χ3n) is 4.78. The summed E-state index contributed by atoms with van der Waals surface area (Å²) < 4.78 is 12.9. The van der Waals surface area contributed by atoms with Gasteiger partial charge in [-0.15, -0.1) is 0 Å². The molecule has 0 radical (unpaired) electrons. The van der Waals surface area contributed by atoms with Crippen LogP contribution in [0.1, 0.15) is 35.8 Å². The summed E-state index contributed by atoms with van der Waals surface area (Å²) in [5.74, 6) is 1.08. The molecule has 27 heavy (non-hydrogen) atoms. The number of aromatic nitrogens is 2. The van der Waals surface area contributed by atoms with E-state index in [1.807, 2.05) is 24.8 Å². The smallest absolute Gasteiger partial charge is 0.255 e. The molecular formula is C20H25N3O4. The Bertz CT molecular complexity index is 853. The molecule has 0 spiro atoms. The molecule has 0 saturated carbocycles. The third-order valence-corrected chi connectivity index (χ3v) is 4.78. The fraction of sp³-hybridized carbons (Fsp3) is 0.450. The van der Waals surface area contributed by atoms with Crippen LogP contribution in [0.4, 0.5) is 0 Å². The van der Waals surface area contributed by atoms with Crippen LogP contribution in [0.3, 0.4) is 0 Å². The SMILES string of the molecule is CCOc1ccc(C(=O)N2CCC(Oc3cc(C)n(C)c(=O)c3)CC2)cn1. The topological polar surface area (TPSA) is 73.7 Å². The van der Waals surface area contributed by atoms with Gasteiger partial charge in [-0.1, -0.05) is 0 Å². The Morgan fingerprint density at radius 1 is 1.26 bits per heavy atom. The summed E-state index contributed by atoms with van der Waals surface area (Å²) in [5.41, 5.74) is 1.33. The third kappa shape index (κ3) is 4.48. The molecule has 0 atom stereocenters. The molecule has 1 fully saturated rings. The predicted octanol–water partition coefficient (Wildman–Crippen LogP) is 2.17. The Hall–Kier alpha value is -2.83. The summed E-state index contributed by atoms with van der Waals surface area (Å²) >= 11 is 0. The Morgan fingerprint density at radius 3 is 2.59 bits per heavy atom. The van der Waals surface area contributed by atoms with Crippen LogP contribution in [0, 0.1) is 6.92 Å². The molecule has 2 aromatic heterocycles. The van der Waals surface area contributed by atoms with E-state index in [1.165, 1.54) is 6.07 Å². The number of rotatable bonds is 5. The van der Waals surface area contributed by atoms with Crippen molar-refractivity contribution < 1.29 is 14.3 Å². The molecule has 0 aliphatic carbocycles. The van der Waals surface area contributed by atoms with E-state index in [4.69, 9.17) is 9.47 Å². The molecule has 1 amide bonds. The van der Waals surface area contributed by atoms with Gasteiger partial charge in [-0.2, -0.15) is 0 Å².